The van der Waals surface area contributed by atoms with Gasteiger partial charge >= 0.3 is 0 Å². The van der Waals surface area contributed by atoms with E-state index in [4.69, 9.17) is 28.4 Å². The summed E-state index contributed by atoms with van der Waals surface area (Å²) in [5, 5.41) is 0. The quantitative estimate of drug-likeness (QED) is 0.185. The van der Waals surface area contributed by atoms with Crippen molar-refractivity contribution in [2.24, 2.45) is 0 Å². The molecule has 0 saturated heterocycles. The minimum absolute atomic E-state index is 0.0689. The first-order valence-electron chi connectivity index (χ1n) is 12.4. The highest BCUT2D eigenvalue weighted by molar-refractivity contribution is 5.84. The van der Waals surface area contributed by atoms with Crippen molar-refractivity contribution in [1.82, 2.24) is 0 Å². The third-order valence-corrected chi connectivity index (χ3v) is 5.86. The number of halogens is 1. The van der Waals surface area contributed by atoms with Gasteiger partial charge < -0.3 is 28.4 Å². The van der Waals surface area contributed by atoms with Gasteiger partial charge in [0, 0.05) is 23.3 Å². The Morgan fingerprint density at radius 3 is 1.83 bits per heavy atom. The van der Waals surface area contributed by atoms with Gasteiger partial charge in [0.2, 0.25) is 0 Å². The number of benzene rings is 4. The summed E-state index contributed by atoms with van der Waals surface area (Å²) in [6.07, 6.45) is 1.42. The van der Waals surface area contributed by atoms with E-state index < -0.39 is 0 Å². The fourth-order valence-corrected chi connectivity index (χ4v) is 3.65. The van der Waals surface area contributed by atoms with Crippen LogP contribution in [0.2, 0.25) is 0 Å². The number of carbonyl (C=O) groups excluding carboxylic acids is 2. The number of hydrogen-bond donors (Lipinski definition) is 0. The number of hydrogen-bond acceptors (Lipinski definition) is 8. The molecular weight excluding hydrogens is 531 g/mol. The molecule has 0 aliphatic heterocycles. The highest BCUT2D eigenvalue weighted by Crippen LogP contribution is 2.33. The van der Waals surface area contributed by atoms with Crippen LogP contribution in [0, 0.1) is 5.82 Å². The minimum Gasteiger partial charge on any atom is -0.497 e. The Kier molecular flexibility index (Phi) is 11.5. The molecule has 0 fully saturated rings. The van der Waals surface area contributed by atoms with Gasteiger partial charge in [0.1, 0.15) is 48.3 Å². The van der Waals surface area contributed by atoms with Crippen LogP contribution in [0.1, 0.15) is 31.8 Å². The maximum Gasteiger partial charge on any atom is 0.161 e. The number of rotatable bonds is 12. The van der Waals surface area contributed by atoms with Gasteiger partial charge in [-0.15, -0.1) is 0 Å². The van der Waals surface area contributed by atoms with Gasteiger partial charge in [0.25, 0.3) is 0 Å². The van der Waals surface area contributed by atoms with Gasteiger partial charge in [-0.2, -0.15) is 0 Å². The number of carbonyl (C=O) groups is 2. The van der Waals surface area contributed by atoms with Gasteiger partial charge in [-0.1, -0.05) is 30.3 Å². The van der Waals surface area contributed by atoms with Gasteiger partial charge in [0.05, 0.1) is 34.0 Å². The molecule has 0 spiro atoms. The molecule has 0 aliphatic rings. The third-order valence-electron chi connectivity index (χ3n) is 5.86. The summed E-state index contributed by atoms with van der Waals surface area (Å²) in [7, 11) is 6.07. The fourth-order valence-electron chi connectivity index (χ4n) is 3.65. The highest BCUT2D eigenvalue weighted by atomic mass is 19.1. The van der Waals surface area contributed by atoms with Gasteiger partial charge in [-0.25, -0.2) is 4.39 Å². The minimum atomic E-state index is -0.332. The molecule has 41 heavy (non-hydrogen) atoms. The second-order valence-electron chi connectivity index (χ2n) is 8.40. The predicted molar refractivity (Wildman–Crippen MR) is 151 cm³/mol. The first kappa shape index (κ1) is 30.5. The number of aldehydes is 2. The molecule has 0 atom stereocenters. The molecule has 9 heteroatoms. The van der Waals surface area contributed by atoms with Crippen molar-refractivity contribution in [2.75, 3.05) is 28.4 Å². The Bertz CT molecular complexity index is 1410. The van der Waals surface area contributed by atoms with E-state index in [2.05, 4.69) is 0 Å². The monoisotopic (exact) mass is 562 g/mol. The van der Waals surface area contributed by atoms with E-state index in [-0.39, 0.29) is 12.4 Å². The lowest BCUT2D eigenvalue weighted by Gasteiger charge is -2.13. The normalized spacial score (nSPS) is 9.98. The number of methoxy groups -OCH3 is 4. The zero-order chi connectivity index (χ0) is 29.6. The van der Waals surface area contributed by atoms with E-state index in [1.54, 1.807) is 62.8 Å². The zero-order valence-corrected chi connectivity index (χ0v) is 23.2. The summed E-state index contributed by atoms with van der Waals surface area (Å²) in [4.78, 5) is 21.8. The van der Waals surface area contributed by atoms with Gasteiger partial charge in [-0.3, -0.25) is 9.59 Å². The predicted octanol–water partition coefficient (Wildman–Crippen LogP) is 6.33. The van der Waals surface area contributed by atoms with Crippen molar-refractivity contribution in [1.29, 1.82) is 0 Å². The van der Waals surface area contributed by atoms with E-state index in [1.165, 1.54) is 20.3 Å². The largest absolute Gasteiger partial charge is 0.497 e. The molecule has 4 aromatic carbocycles. The van der Waals surface area contributed by atoms with Crippen LogP contribution in [-0.4, -0.2) is 41.0 Å². The van der Waals surface area contributed by atoms with Crippen LogP contribution in [0.5, 0.6) is 34.5 Å². The Morgan fingerprint density at radius 2 is 1.27 bits per heavy atom. The molecule has 0 amide bonds. The van der Waals surface area contributed by atoms with Crippen molar-refractivity contribution < 1.29 is 42.4 Å². The smallest absolute Gasteiger partial charge is 0.161 e. The second-order valence-corrected chi connectivity index (χ2v) is 8.40. The van der Waals surface area contributed by atoms with Gasteiger partial charge in [0.15, 0.2) is 17.8 Å². The van der Waals surface area contributed by atoms with Crippen LogP contribution >= 0.6 is 0 Å². The molecule has 214 valence electrons. The Morgan fingerprint density at radius 1 is 0.610 bits per heavy atom. The molecule has 0 N–H and O–H groups in total. The Balaban J connectivity index is 0.000000226. The van der Waals surface area contributed by atoms with Crippen molar-refractivity contribution in [3.63, 3.8) is 0 Å². The lowest BCUT2D eigenvalue weighted by atomic mass is 10.2. The maximum absolute atomic E-state index is 13.5. The van der Waals surface area contributed by atoms with Crippen molar-refractivity contribution in [3.8, 4) is 34.5 Å². The summed E-state index contributed by atoms with van der Waals surface area (Å²) < 4.78 is 45.3. The molecule has 0 bridgehead atoms. The standard InChI is InChI=1S/C16H15FO4.C16H16O4/c1-19-15-7-12(8-16(20-2)13(15)9-18)21-10-11-5-3-4-6-14(11)17;1-18-14-6-3-12(4-7-14)11-20-15-8-5-13(10-17)9-16(15)19-2/h3-9H,10H2,1-2H3;3-10H,11H2,1-2H3. The average molecular weight is 563 g/mol. The lowest BCUT2D eigenvalue weighted by Crippen LogP contribution is -2.01. The van der Waals surface area contributed by atoms with Crippen LogP contribution in [0.3, 0.4) is 0 Å². The topological polar surface area (TPSA) is 89.5 Å². The second kappa shape index (κ2) is 15.5. The summed E-state index contributed by atoms with van der Waals surface area (Å²) in [6, 6.07) is 22.2. The molecule has 0 radical (unpaired) electrons. The van der Waals surface area contributed by atoms with Crippen LogP contribution in [0.25, 0.3) is 0 Å². The van der Waals surface area contributed by atoms with E-state index >= 15 is 0 Å². The molecule has 0 unspecified atom stereocenters. The van der Waals surface area contributed by atoms with Crippen molar-refractivity contribution >= 4 is 12.6 Å². The first-order chi connectivity index (χ1) is 20.0. The fraction of sp³-hybridized carbons (Fsp3) is 0.188. The molecule has 4 aromatic rings. The van der Waals surface area contributed by atoms with Crippen molar-refractivity contribution in [3.05, 3.63) is 107 Å². The maximum atomic E-state index is 13.5. The van der Waals surface area contributed by atoms with Crippen LogP contribution in [0.15, 0.2) is 78.9 Å². The molecular formula is C32H31FO8. The van der Waals surface area contributed by atoms with Crippen LogP contribution in [0.4, 0.5) is 4.39 Å². The van der Waals surface area contributed by atoms with E-state index in [0.717, 1.165) is 17.6 Å². The third kappa shape index (κ3) is 8.47. The summed E-state index contributed by atoms with van der Waals surface area (Å²) >= 11 is 0. The SMILES string of the molecule is COc1cc(OCc2ccccc2F)cc(OC)c1C=O.COc1ccc(COc2ccc(C=O)cc2OC)cc1. The van der Waals surface area contributed by atoms with E-state index in [0.29, 0.717) is 58.3 Å². The molecule has 0 heterocycles. The Hall–Kier alpha value is -5.05. The molecule has 0 aromatic heterocycles. The number of ether oxygens (including phenoxy) is 6. The van der Waals surface area contributed by atoms with E-state index in [1.807, 2.05) is 24.3 Å². The highest BCUT2D eigenvalue weighted by Gasteiger charge is 2.13. The van der Waals surface area contributed by atoms with Crippen LogP contribution < -0.4 is 28.4 Å². The van der Waals surface area contributed by atoms with Crippen molar-refractivity contribution in [2.45, 2.75) is 13.2 Å². The molecule has 4 rings (SSSR count). The average Bonchev–Trinajstić information content (AvgIpc) is 3.03. The van der Waals surface area contributed by atoms with Gasteiger partial charge in [-0.05, 0) is 42.0 Å². The zero-order valence-electron chi connectivity index (χ0n) is 23.2. The molecule has 0 saturated carbocycles. The Labute approximate surface area is 238 Å². The van der Waals surface area contributed by atoms with E-state index in [9.17, 15) is 14.0 Å². The molecule has 0 aliphatic carbocycles. The van der Waals surface area contributed by atoms with Crippen LogP contribution in [-0.2, 0) is 13.2 Å². The lowest BCUT2D eigenvalue weighted by molar-refractivity contribution is 0.111. The summed E-state index contributed by atoms with van der Waals surface area (Å²) in [6.45, 7) is 0.486. The first-order valence-corrected chi connectivity index (χ1v) is 12.4. The molecule has 8 nitrogen and oxygen atoms in total. The summed E-state index contributed by atoms with van der Waals surface area (Å²) in [5.74, 6) is 2.73. The summed E-state index contributed by atoms with van der Waals surface area (Å²) in [5.41, 5.74) is 2.32.